The molecule has 0 aliphatic heterocycles. The van der Waals surface area contributed by atoms with E-state index in [0.29, 0.717) is 0 Å². The molecule has 0 aliphatic carbocycles. The summed E-state index contributed by atoms with van der Waals surface area (Å²) in [5.41, 5.74) is 3.61. The number of H-pyrrole nitrogens is 1. The van der Waals surface area contributed by atoms with E-state index in [1.807, 2.05) is 6.20 Å². The van der Waals surface area contributed by atoms with E-state index in [1.165, 1.54) is 11.4 Å². The van der Waals surface area contributed by atoms with Crippen molar-refractivity contribution >= 4 is 17.9 Å². The van der Waals surface area contributed by atoms with Crippen LogP contribution in [0.2, 0.25) is 0 Å². The Kier molecular flexibility index (Phi) is 4.57. The molecule has 21 heavy (non-hydrogen) atoms. The van der Waals surface area contributed by atoms with Crippen LogP contribution >= 0.6 is 12.2 Å². The molecule has 4 heteroatoms. The number of hydrogen-bond donors (Lipinski definition) is 1. The number of aromatic nitrogens is 2. The van der Waals surface area contributed by atoms with Crippen molar-refractivity contribution in [3.63, 3.8) is 0 Å². The van der Waals surface area contributed by atoms with Gasteiger partial charge >= 0.3 is 0 Å². The van der Waals surface area contributed by atoms with Crippen molar-refractivity contribution in [1.29, 1.82) is 0 Å². The molecule has 0 saturated carbocycles. The molecule has 2 aromatic rings. The number of nitrogens with zero attached hydrogens (tertiary/aromatic N) is 2. The number of benzene rings is 1. The van der Waals surface area contributed by atoms with E-state index in [2.05, 4.69) is 73.3 Å². The lowest BCUT2D eigenvalue weighted by molar-refractivity contribution is 0.556. The van der Waals surface area contributed by atoms with Gasteiger partial charge in [-0.05, 0) is 50.3 Å². The van der Waals surface area contributed by atoms with E-state index in [1.54, 1.807) is 0 Å². The van der Waals surface area contributed by atoms with Crippen LogP contribution in [-0.2, 0) is 5.41 Å². The van der Waals surface area contributed by atoms with E-state index in [4.69, 9.17) is 12.2 Å². The van der Waals surface area contributed by atoms with E-state index < -0.39 is 0 Å². The lowest BCUT2D eigenvalue weighted by Gasteiger charge is -2.23. The largest absolute Gasteiger partial charge is 0.372 e. The molecule has 0 atom stereocenters. The quantitative estimate of drug-likeness (QED) is 0.829. The first kappa shape index (κ1) is 15.8. The number of nitrogens with one attached hydrogen (secondary N) is 1. The summed E-state index contributed by atoms with van der Waals surface area (Å²) in [5, 5.41) is 0. The second-order valence-corrected chi connectivity index (χ2v) is 6.64. The fraction of sp³-hybridized carbons (Fsp3) is 0.471. The first-order valence-corrected chi connectivity index (χ1v) is 7.95. The van der Waals surface area contributed by atoms with Gasteiger partial charge in [-0.15, -0.1) is 0 Å². The fourth-order valence-electron chi connectivity index (χ4n) is 2.58. The summed E-state index contributed by atoms with van der Waals surface area (Å²) in [4.78, 5) is 5.51. The number of rotatable bonds is 4. The van der Waals surface area contributed by atoms with E-state index in [0.717, 1.165) is 23.5 Å². The second-order valence-electron chi connectivity index (χ2n) is 6.25. The third-order valence-corrected chi connectivity index (χ3v) is 4.08. The van der Waals surface area contributed by atoms with Crippen molar-refractivity contribution in [3.8, 4) is 5.69 Å². The zero-order chi connectivity index (χ0) is 15.6. The summed E-state index contributed by atoms with van der Waals surface area (Å²) >= 11 is 5.45. The Hall–Kier alpha value is -1.55. The lowest BCUT2D eigenvalue weighted by Crippen LogP contribution is -2.21. The maximum absolute atomic E-state index is 5.45. The van der Waals surface area contributed by atoms with Gasteiger partial charge in [0.15, 0.2) is 4.77 Å². The Morgan fingerprint density at radius 3 is 2.14 bits per heavy atom. The van der Waals surface area contributed by atoms with Crippen molar-refractivity contribution in [3.05, 3.63) is 40.9 Å². The van der Waals surface area contributed by atoms with Crippen LogP contribution < -0.4 is 4.90 Å². The zero-order valence-electron chi connectivity index (χ0n) is 13.6. The highest BCUT2D eigenvalue weighted by atomic mass is 32.1. The maximum Gasteiger partial charge on any atom is 0.182 e. The Balaban J connectivity index is 2.45. The van der Waals surface area contributed by atoms with Crippen LogP contribution in [0.1, 0.15) is 40.3 Å². The first-order chi connectivity index (χ1) is 9.88. The summed E-state index contributed by atoms with van der Waals surface area (Å²) in [6, 6.07) is 8.63. The Bertz CT molecular complexity index is 640. The zero-order valence-corrected chi connectivity index (χ0v) is 14.4. The topological polar surface area (TPSA) is 24.0 Å². The normalized spacial score (nSPS) is 11.7. The highest BCUT2D eigenvalue weighted by molar-refractivity contribution is 7.71. The molecule has 0 aliphatic rings. The molecule has 0 fully saturated rings. The summed E-state index contributed by atoms with van der Waals surface area (Å²) < 4.78 is 2.87. The lowest BCUT2D eigenvalue weighted by atomic mass is 9.92. The third-order valence-electron chi connectivity index (χ3n) is 3.78. The van der Waals surface area contributed by atoms with Gasteiger partial charge in [-0.1, -0.05) is 20.8 Å². The molecule has 0 bridgehead atoms. The van der Waals surface area contributed by atoms with Crippen LogP contribution in [0, 0.1) is 4.77 Å². The Labute approximate surface area is 132 Å². The minimum atomic E-state index is 0.0467. The molecule has 3 nitrogen and oxygen atoms in total. The highest BCUT2D eigenvalue weighted by Gasteiger charge is 2.20. The highest BCUT2D eigenvalue weighted by Crippen LogP contribution is 2.26. The average molecular weight is 303 g/mol. The van der Waals surface area contributed by atoms with Gasteiger partial charge < -0.3 is 9.88 Å². The predicted octanol–water partition coefficient (Wildman–Crippen LogP) is 4.68. The van der Waals surface area contributed by atoms with Crippen LogP contribution in [-0.4, -0.2) is 22.6 Å². The van der Waals surface area contributed by atoms with Crippen molar-refractivity contribution < 1.29 is 0 Å². The maximum atomic E-state index is 5.45. The van der Waals surface area contributed by atoms with E-state index in [-0.39, 0.29) is 5.41 Å². The summed E-state index contributed by atoms with van der Waals surface area (Å²) in [7, 11) is 0. The van der Waals surface area contributed by atoms with Gasteiger partial charge in [0.2, 0.25) is 0 Å². The van der Waals surface area contributed by atoms with Crippen molar-refractivity contribution in [2.45, 2.75) is 40.0 Å². The third kappa shape index (κ3) is 3.21. The minimum Gasteiger partial charge on any atom is -0.372 e. The van der Waals surface area contributed by atoms with Crippen molar-refractivity contribution in [2.75, 3.05) is 18.0 Å². The van der Waals surface area contributed by atoms with Gasteiger partial charge in [0.05, 0.1) is 0 Å². The van der Waals surface area contributed by atoms with E-state index in [9.17, 15) is 0 Å². The number of hydrogen-bond acceptors (Lipinski definition) is 2. The summed E-state index contributed by atoms with van der Waals surface area (Å²) in [6.07, 6.45) is 2.01. The molecule has 2 rings (SSSR count). The average Bonchev–Trinajstić information content (AvgIpc) is 2.83. The number of aromatic amines is 1. The molecule has 1 aromatic heterocycles. The fourth-order valence-corrected chi connectivity index (χ4v) is 2.84. The van der Waals surface area contributed by atoms with Crippen molar-refractivity contribution in [1.82, 2.24) is 9.55 Å². The Morgan fingerprint density at radius 1 is 1.10 bits per heavy atom. The van der Waals surface area contributed by atoms with Crippen LogP contribution in [0.15, 0.2) is 30.5 Å². The molecule has 0 spiro atoms. The van der Waals surface area contributed by atoms with Gasteiger partial charge in [-0.3, -0.25) is 4.57 Å². The summed E-state index contributed by atoms with van der Waals surface area (Å²) in [6.45, 7) is 13.0. The first-order valence-electron chi connectivity index (χ1n) is 7.54. The van der Waals surface area contributed by atoms with Gasteiger partial charge in [-0.25, -0.2) is 0 Å². The van der Waals surface area contributed by atoms with Crippen LogP contribution in [0.5, 0.6) is 0 Å². The SMILES string of the molecule is CCN(CC)c1ccc(-n2c(C(C)(C)C)c[nH]c2=S)cc1. The summed E-state index contributed by atoms with van der Waals surface area (Å²) in [5.74, 6) is 0. The van der Waals surface area contributed by atoms with Gasteiger partial charge in [0, 0.05) is 41.8 Å². The number of imidazole rings is 1. The predicted molar refractivity (Wildman–Crippen MR) is 93.2 cm³/mol. The standard InChI is InChI=1S/C17H25N3S/c1-6-19(7-2)13-8-10-14(11-9-13)20-15(17(3,4)5)12-18-16(20)21/h8-12H,6-7H2,1-5H3,(H,18,21). The molecule has 1 aromatic carbocycles. The molecule has 114 valence electrons. The van der Waals surface area contributed by atoms with Crippen molar-refractivity contribution in [2.24, 2.45) is 0 Å². The second kappa shape index (κ2) is 6.06. The smallest absolute Gasteiger partial charge is 0.182 e. The number of anilines is 1. The minimum absolute atomic E-state index is 0.0467. The van der Waals surface area contributed by atoms with Crippen LogP contribution in [0.4, 0.5) is 5.69 Å². The molecule has 0 unspecified atom stereocenters. The van der Waals surface area contributed by atoms with E-state index >= 15 is 0 Å². The molecular formula is C17H25N3S. The molecule has 0 amide bonds. The molecular weight excluding hydrogens is 278 g/mol. The molecule has 0 saturated heterocycles. The van der Waals surface area contributed by atoms with Crippen LogP contribution in [0.25, 0.3) is 5.69 Å². The Morgan fingerprint density at radius 2 is 1.67 bits per heavy atom. The van der Waals surface area contributed by atoms with Gasteiger partial charge in [-0.2, -0.15) is 0 Å². The van der Waals surface area contributed by atoms with Crippen LogP contribution in [0.3, 0.4) is 0 Å². The molecule has 1 heterocycles. The molecule has 0 radical (unpaired) electrons. The monoisotopic (exact) mass is 303 g/mol. The van der Waals surface area contributed by atoms with Gasteiger partial charge in [0.1, 0.15) is 0 Å². The van der Waals surface area contributed by atoms with Gasteiger partial charge in [0.25, 0.3) is 0 Å². The molecule has 1 N–H and O–H groups in total.